The Hall–Kier alpha value is -4.22. The van der Waals surface area contributed by atoms with Crippen LogP contribution in [0.25, 0.3) is 0 Å². The molecule has 4 rings (SSSR count). The molecule has 5 heteroatoms. The monoisotopic (exact) mass is 560 g/mol. The molecule has 4 nitrogen and oxygen atoms in total. The normalized spacial score (nSPS) is 11.3. The third-order valence-corrected chi connectivity index (χ3v) is 12.8. The molecule has 0 fully saturated rings. The maximum Gasteiger partial charge on any atom is 0.182 e. The Bertz CT molecular complexity index is 1490. The molecular formula is C36H36O4Si. The second-order valence-corrected chi connectivity index (χ2v) is 14.8. The summed E-state index contributed by atoms with van der Waals surface area (Å²) in [5.41, 5.74) is 5.78. The third kappa shape index (κ3) is 5.30. The SMILES string of the molecule is CC(=O)c1cc(C)ccc1[Si](c1ccc(C)cc1C(C)=O)(c1ccc(C)cc1C(C)=O)c1ccc(C)cc1C(C)=O. The number of carbonyl (C=O) groups excluding carboxylic acids is 4. The van der Waals surface area contributed by atoms with E-state index in [4.69, 9.17) is 0 Å². The van der Waals surface area contributed by atoms with Gasteiger partial charge in [-0.25, -0.2) is 0 Å². The Morgan fingerprint density at radius 2 is 0.585 bits per heavy atom. The van der Waals surface area contributed by atoms with Gasteiger partial charge in [0, 0.05) is 22.3 Å². The van der Waals surface area contributed by atoms with Crippen LogP contribution in [0.3, 0.4) is 0 Å². The van der Waals surface area contributed by atoms with Crippen LogP contribution in [0.1, 0.15) is 91.4 Å². The minimum Gasteiger partial charge on any atom is -0.295 e. The second kappa shape index (κ2) is 11.3. The number of hydrogen-bond acceptors (Lipinski definition) is 4. The molecule has 0 N–H and O–H groups in total. The Balaban J connectivity index is 2.47. The number of Topliss-reactive ketones (excluding diaryl/α,β-unsaturated/α-hetero) is 4. The quantitative estimate of drug-likeness (QED) is 0.171. The van der Waals surface area contributed by atoms with Gasteiger partial charge in [-0.2, -0.15) is 0 Å². The van der Waals surface area contributed by atoms with Crippen LogP contribution in [0.15, 0.2) is 72.8 Å². The molecule has 0 radical (unpaired) electrons. The lowest BCUT2D eigenvalue weighted by atomic mass is 10.1. The van der Waals surface area contributed by atoms with E-state index in [-0.39, 0.29) is 23.1 Å². The predicted octanol–water partition coefficient (Wildman–Crippen LogP) is 5.11. The summed E-state index contributed by atoms with van der Waals surface area (Å²) in [4.78, 5) is 53.6. The van der Waals surface area contributed by atoms with Gasteiger partial charge in [-0.05, 0) is 100 Å². The standard InChI is InChI=1S/C36H36O4Si/c1-21-9-13-33(29(17-21)25(5)37)41(34-14-10-22(2)18-30(34)26(6)38,35-15-11-23(3)19-31(35)27(7)39)36-16-12-24(4)20-32(36)28(8)40/h9-20H,1-8H3. The largest absolute Gasteiger partial charge is 0.295 e. The first kappa shape index (κ1) is 29.8. The molecule has 0 aliphatic carbocycles. The summed E-state index contributed by atoms with van der Waals surface area (Å²) in [5.74, 6) is -0.481. The molecule has 0 spiro atoms. The van der Waals surface area contributed by atoms with Crippen molar-refractivity contribution < 1.29 is 19.2 Å². The molecule has 0 saturated heterocycles. The van der Waals surface area contributed by atoms with Gasteiger partial charge in [-0.15, -0.1) is 0 Å². The highest BCUT2D eigenvalue weighted by Crippen LogP contribution is 2.22. The Morgan fingerprint density at radius 1 is 0.390 bits per heavy atom. The van der Waals surface area contributed by atoms with Gasteiger partial charge < -0.3 is 0 Å². The number of rotatable bonds is 8. The first-order valence-corrected chi connectivity index (χ1v) is 15.8. The van der Waals surface area contributed by atoms with Gasteiger partial charge in [0.1, 0.15) is 0 Å². The van der Waals surface area contributed by atoms with Gasteiger partial charge >= 0.3 is 0 Å². The smallest absolute Gasteiger partial charge is 0.182 e. The fourth-order valence-electron chi connectivity index (χ4n) is 5.98. The van der Waals surface area contributed by atoms with E-state index in [0.717, 1.165) is 43.0 Å². The van der Waals surface area contributed by atoms with Crippen molar-refractivity contribution in [2.24, 2.45) is 0 Å². The molecule has 0 aliphatic rings. The molecule has 0 atom stereocenters. The molecule has 0 aromatic heterocycles. The summed E-state index contributed by atoms with van der Waals surface area (Å²) in [5, 5.41) is 3.00. The van der Waals surface area contributed by atoms with Crippen molar-refractivity contribution in [3.8, 4) is 0 Å². The Labute approximate surface area is 243 Å². The topological polar surface area (TPSA) is 68.3 Å². The van der Waals surface area contributed by atoms with E-state index in [9.17, 15) is 19.2 Å². The van der Waals surface area contributed by atoms with E-state index in [1.54, 1.807) is 27.7 Å². The van der Waals surface area contributed by atoms with Crippen LogP contribution in [0, 0.1) is 27.7 Å². The molecule has 0 saturated carbocycles. The van der Waals surface area contributed by atoms with Crippen LogP contribution in [0.4, 0.5) is 0 Å². The minimum atomic E-state index is -3.70. The number of carbonyl (C=O) groups is 4. The molecule has 4 aromatic carbocycles. The van der Waals surface area contributed by atoms with E-state index in [2.05, 4.69) is 0 Å². The summed E-state index contributed by atoms with van der Waals surface area (Å²) in [6.45, 7) is 13.9. The van der Waals surface area contributed by atoms with E-state index < -0.39 is 8.07 Å². The molecular weight excluding hydrogens is 524 g/mol. The van der Waals surface area contributed by atoms with Crippen LogP contribution >= 0.6 is 0 Å². The van der Waals surface area contributed by atoms with Gasteiger partial charge in [-0.1, -0.05) is 70.8 Å². The molecule has 208 valence electrons. The third-order valence-electron chi connectivity index (χ3n) is 7.83. The lowest BCUT2D eigenvalue weighted by molar-refractivity contribution is 0.101. The fourth-order valence-corrected chi connectivity index (χ4v) is 11.7. The van der Waals surface area contributed by atoms with Gasteiger partial charge in [0.25, 0.3) is 0 Å². The average Bonchev–Trinajstić information content (AvgIpc) is 2.90. The Kier molecular flexibility index (Phi) is 8.23. The minimum absolute atomic E-state index is 0.120. The molecule has 4 aromatic rings. The summed E-state index contributed by atoms with van der Waals surface area (Å²) >= 11 is 0. The second-order valence-electron chi connectivity index (χ2n) is 11.2. The highest BCUT2D eigenvalue weighted by molar-refractivity contribution is 7.21. The van der Waals surface area contributed by atoms with E-state index in [0.29, 0.717) is 22.3 Å². The van der Waals surface area contributed by atoms with Crippen LogP contribution in [0.2, 0.25) is 0 Å². The maximum absolute atomic E-state index is 13.4. The first-order valence-electron chi connectivity index (χ1n) is 13.8. The summed E-state index contributed by atoms with van der Waals surface area (Å²) < 4.78 is 0. The molecule has 0 unspecified atom stereocenters. The van der Waals surface area contributed by atoms with Gasteiger partial charge in [-0.3, -0.25) is 19.2 Å². The van der Waals surface area contributed by atoms with Gasteiger partial charge in [0.05, 0.1) is 0 Å². The number of benzene rings is 4. The highest BCUT2D eigenvalue weighted by Gasteiger charge is 2.48. The van der Waals surface area contributed by atoms with Crippen molar-refractivity contribution in [1.82, 2.24) is 0 Å². The van der Waals surface area contributed by atoms with Crippen molar-refractivity contribution in [3.63, 3.8) is 0 Å². The number of aryl methyl sites for hydroxylation is 4. The lowest BCUT2D eigenvalue weighted by Gasteiger charge is -2.39. The zero-order chi connectivity index (χ0) is 30.2. The van der Waals surface area contributed by atoms with Crippen molar-refractivity contribution in [1.29, 1.82) is 0 Å². The van der Waals surface area contributed by atoms with Crippen molar-refractivity contribution in [2.75, 3.05) is 0 Å². The lowest BCUT2D eigenvalue weighted by Crippen LogP contribution is -2.78. The summed E-state index contributed by atoms with van der Waals surface area (Å²) in [7, 11) is -3.70. The zero-order valence-electron chi connectivity index (χ0n) is 25.1. The summed E-state index contributed by atoms with van der Waals surface area (Å²) in [6.07, 6.45) is 0. The van der Waals surface area contributed by atoms with Crippen LogP contribution < -0.4 is 20.7 Å². The number of ketones is 4. The number of hydrogen-bond donors (Lipinski definition) is 0. The van der Waals surface area contributed by atoms with Crippen molar-refractivity contribution >= 4 is 52.0 Å². The first-order chi connectivity index (χ1) is 19.3. The van der Waals surface area contributed by atoms with Crippen LogP contribution in [0.5, 0.6) is 0 Å². The van der Waals surface area contributed by atoms with Gasteiger partial charge in [0.2, 0.25) is 0 Å². The molecule has 0 heterocycles. The Morgan fingerprint density at radius 3 is 0.756 bits per heavy atom. The zero-order valence-corrected chi connectivity index (χ0v) is 26.1. The highest BCUT2D eigenvalue weighted by atomic mass is 28.3. The molecule has 0 aliphatic heterocycles. The van der Waals surface area contributed by atoms with Crippen LogP contribution in [-0.2, 0) is 0 Å². The average molecular weight is 561 g/mol. The molecule has 0 bridgehead atoms. The van der Waals surface area contributed by atoms with E-state index in [1.165, 1.54) is 0 Å². The van der Waals surface area contributed by atoms with Crippen molar-refractivity contribution in [3.05, 3.63) is 117 Å². The van der Waals surface area contributed by atoms with Crippen molar-refractivity contribution in [2.45, 2.75) is 55.4 Å². The summed E-state index contributed by atoms with van der Waals surface area (Å²) in [6, 6.07) is 23.3. The van der Waals surface area contributed by atoms with E-state index in [1.807, 2.05) is 100 Å². The van der Waals surface area contributed by atoms with Gasteiger partial charge in [0.15, 0.2) is 31.2 Å². The molecule has 41 heavy (non-hydrogen) atoms. The molecule has 0 amide bonds. The predicted molar refractivity (Wildman–Crippen MR) is 169 cm³/mol. The van der Waals surface area contributed by atoms with Crippen LogP contribution in [-0.4, -0.2) is 31.2 Å². The maximum atomic E-state index is 13.4. The fraction of sp³-hybridized carbons (Fsp3) is 0.222. The van der Waals surface area contributed by atoms with E-state index >= 15 is 0 Å².